The zero-order valence-electron chi connectivity index (χ0n) is 10.2. The van der Waals surface area contributed by atoms with E-state index < -0.39 is 0 Å². The van der Waals surface area contributed by atoms with Crippen molar-refractivity contribution in [3.63, 3.8) is 0 Å². The highest BCUT2D eigenvalue weighted by atomic mass is 79.9. The average Bonchev–Trinajstić information content (AvgIpc) is 2.37. The Morgan fingerprint density at radius 1 is 1.37 bits per heavy atom. The molecule has 1 aliphatic carbocycles. The fraction of sp³-hybridized carbons (Fsp3) is 0.286. The van der Waals surface area contributed by atoms with Crippen LogP contribution in [0.4, 0.5) is 0 Å². The van der Waals surface area contributed by atoms with E-state index in [1.165, 1.54) is 11.3 Å². The van der Waals surface area contributed by atoms with Crippen molar-refractivity contribution in [2.75, 3.05) is 0 Å². The summed E-state index contributed by atoms with van der Waals surface area (Å²) in [6, 6.07) is 8.10. The maximum Gasteiger partial charge on any atom is 0.208 e. The first-order valence-corrected chi connectivity index (χ1v) is 7.78. The van der Waals surface area contributed by atoms with Crippen LogP contribution in [0.5, 0.6) is 0 Å². The summed E-state index contributed by atoms with van der Waals surface area (Å²) in [5.41, 5.74) is 0.980. The SMILES string of the molecule is O=CNC1(Sc2ccnc3ccc(Br)cc23)CCC1. The molecule has 2 aromatic rings. The molecule has 3 nitrogen and oxygen atoms in total. The first kappa shape index (κ1) is 12.9. The molecule has 5 heteroatoms. The van der Waals surface area contributed by atoms with Crippen LogP contribution in [-0.2, 0) is 4.79 Å². The van der Waals surface area contributed by atoms with Crippen molar-refractivity contribution in [1.29, 1.82) is 0 Å². The summed E-state index contributed by atoms with van der Waals surface area (Å²) >= 11 is 5.24. The molecule has 0 bridgehead atoms. The van der Waals surface area contributed by atoms with Crippen LogP contribution in [0.3, 0.4) is 0 Å². The van der Waals surface area contributed by atoms with Gasteiger partial charge in [-0.05, 0) is 43.5 Å². The van der Waals surface area contributed by atoms with Gasteiger partial charge in [0, 0.05) is 21.0 Å². The summed E-state index contributed by atoms with van der Waals surface area (Å²) in [6.07, 6.45) is 5.85. The maximum absolute atomic E-state index is 10.8. The molecule has 1 N–H and O–H groups in total. The van der Waals surface area contributed by atoms with Crippen LogP contribution in [-0.4, -0.2) is 16.3 Å². The minimum absolute atomic E-state index is 0.127. The van der Waals surface area contributed by atoms with Crippen molar-refractivity contribution in [3.05, 3.63) is 34.9 Å². The number of carbonyl (C=O) groups excluding carboxylic acids is 1. The molecule has 0 atom stereocenters. The number of benzene rings is 1. The number of nitrogens with zero attached hydrogens (tertiary/aromatic N) is 1. The van der Waals surface area contributed by atoms with E-state index in [-0.39, 0.29) is 4.87 Å². The van der Waals surface area contributed by atoms with Crippen LogP contribution >= 0.6 is 27.7 Å². The third-order valence-corrected chi connectivity index (χ3v) is 5.44. The highest BCUT2D eigenvalue weighted by molar-refractivity contribution is 9.10. The van der Waals surface area contributed by atoms with Gasteiger partial charge < -0.3 is 5.32 Å². The second kappa shape index (κ2) is 5.13. The van der Waals surface area contributed by atoms with Crippen LogP contribution < -0.4 is 5.32 Å². The van der Waals surface area contributed by atoms with Crippen molar-refractivity contribution >= 4 is 45.0 Å². The molecule has 1 aromatic heterocycles. The molecule has 0 spiro atoms. The van der Waals surface area contributed by atoms with E-state index >= 15 is 0 Å². The van der Waals surface area contributed by atoms with Gasteiger partial charge in [-0.25, -0.2) is 0 Å². The molecule has 1 saturated carbocycles. The number of amides is 1. The number of thioether (sulfide) groups is 1. The smallest absolute Gasteiger partial charge is 0.208 e. The third kappa shape index (κ3) is 2.49. The van der Waals surface area contributed by atoms with E-state index in [1.807, 2.05) is 24.4 Å². The number of aromatic nitrogens is 1. The Morgan fingerprint density at radius 2 is 2.21 bits per heavy atom. The Morgan fingerprint density at radius 3 is 2.89 bits per heavy atom. The minimum atomic E-state index is -0.127. The van der Waals surface area contributed by atoms with Crippen LogP contribution in [0.15, 0.2) is 39.8 Å². The predicted octanol–water partition coefficient (Wildman–Crippen LogP) is 3.72. The van der Waals surface area contributed by atoms with Crippen LogP contribution in [0.25, 0.3) is 10.9 Å². The molecule has 1 fully saturated rings. The summed E-state index contributed by atoms with van der Waals surface area (Å²) in [5.74, 6) is 0. The van der Waals surface area contributed by atoms with Crippen molar-refractivity contribution in [2.24, 2.45) is 0 Å². The van der Waals surface area contributed by atoms with E-state index in [0.29, 0.717) is 0 Å². The Kier molecular flexibility index (Phi) is 3.50. The van der Waals surface area contributed by atoms with Gasteiger partial charge in [0.05, 0.1) is 10.4 Å². The van der Waals surface area contributed by atoms with Gasteiger partial charge in [0.2, 0.25) is 6.41 Å². The van der Waals surface area contributed by atoms with Gasteiger partial charge in [-0.1, -0.05) is 27.7 Å². The lowest BCUT2D eigenvalue weighted by Gasteiger charge is -2.40. The summed E-state index contributed by atoms with van der Waals surface area (Å²) in [4.78, 5) is 16.2. The highest BCUT2D eigenvalue weighted by Crippen LogP contribution is 2.46. The van der Waals surface area contributed by atoms with Gasteiger partial charge in [-0.15, -0.1) is 0 Å². The van der Waals surface area contributed by atoms with E-state index in [4.69, 9.17) is 0 Å². The van der Waals surface area contributed by atoms with Crippen molar-refractivity contribution in [3.8, 4) is 0 Å². The predicted molar refractivity (Wildman–Crippen MR) is 81.1 cm³/mol. The number of hydrogen-bond donors (Lipinski definition) is 1. The monoisotopic (exact) mass is 336 g/mol. The van der Waals surface area contributed by atoms with Crippen LogP contribution in [0.2, 0.25) is 0 Å². The van der Waals surface area contributed by atoms with E-state index in [9.17, 15) is 4.79 Å². The molecular formula is C14H13BrN2OS. The first-order chi connectivity index (χ1) is 9.22. The van der Waals surface area contributed by atoms with E-state index in [0.717, 1.165) is 34.6 Å². The quantitative estimate of drug-likeness (QED) is 0.683. The summed E-state index contributed by atoms with van der Waals surface area (Å²) < 4.78 is 1.04. The van der Waals surface area contributed by atoms with Crippen molar-refractivity contribution < 1.29 is 4.79 Å². The van der Waals surface area contributed by atoms with Gasteiger partial charge in [0.25, 0.3) is 0 Å². The standard InChI is InChI=1S/C14H13BrN2OS/c15-10-2-3-12-11(8-10)13(4-7-16-12)19-14(17-9-18)5-1-6-14/h2-4,7-9H,1,5-6H2,(H,17,18). The Labute approximate surface area is 124 Å². The molecule has 0 aliphatic heterocycles. The first-order valence-electron chi connectivity index (χ1n) is 6.17. The lowest BCUT2D eigenvalue weighted by molar-refractivity contribution is -0.111. The Hall–Kier alpha value is -1.07. The summed E-state index contributed by atoms with van der Waals surface area (Å²) in [5, 5.41) is 4.10. The van der Waals surface area contributed by atoms with Gasteiger partial charge >= 0.3 is 0 Å². The highest BCUT2D eigenvalue weighted by Gasteiger charge is 2.38. The number of halogens is 1. The van der Waals surface area contributed by atoms with Gasteiger partial charge in [0.15, 0.2) is 0 Å². The number of hydrogen-bond acceptors (Lipinski definition) is 3. The largest absolute Gasteiger partial charge is 0.344 e. The molecule has 3 rings (SSSR count). The van der Waals surface area contributed by atoms with E-state index in [1.54, 1.807) is 11.8 Å². The summed E-state index contributed by atoms with van der Waals surface area (Å²) in [6.45, 7) is 0. The number of pyridine rings is 1. The van der Waals surface area contributed by atoms with E-state index in [2.05, 4.69) is 32.3 Å². The molecule has 19 heavy (non-hydrogen) atoms. The molecule has 0 radical (unpaired) electrons. The van der Waals surface area contributed by atoms with Crippen molar-refractivity contribution in [1.82, 2.24) is 10.3 Å². The van der Waals surface area contributed by atoms with Crippen LogP contribution in [0.1, 0.15) is 19.3 Å². The van der Waals surface area contributed by atoms with Gasteiger partial charge in [0.1, 0.15) is 0 Å². The maximum atomic E-state index is 10.8. The second-order valence-corrected chi connectivity index (χ2v) is 7.02. The molecular weight excluding hydrogens is 324 g/mol. The molecule has 1 heterocycles. The lowest BCUT2D eigenvalue weighted by Crippen LogP contribution is -2.47. The molecule has 98 valence electrons. The van der Waals surface area contributed by atoms with Gasteiger partial charge in [-0.3, -0.25) is 9.78 Å². The normalized spacial score (nSPS) is 16.9. The Balaban J connectivity index is 2.00. The molecule has 1 aliphatic rings. The summed E-state index contributed by atoms with van der Waals surface area (Å²) in [7, 11) is 0. The van der Waals surface area contributed by atoms with Crippen LogP contribution in [0, 0.1) is 0 Å². The van der Waals surface area contributed by atoms with Gasteiger partial charge in [-0.2, -0.15) is 0 Å². The second-order valence-electron chi connectivity index (χ2n) is 4.68. The third-order valence-electron chi connectivity index (χ3n) is 3.45. The molecule has 0 saturated heterocycles. The number of fused-ring (bicyclic) bond motifs is 1. The Bertz CT molecular complexity index is 628. The number of rotatable bonds is 4. The number of carbonyl (C=O) groups is 1. The fourth-order valence-corrected chi connectivity index (χ4v) is 4.06. The van der Waals surface area contributed by atoms with Crippen molar-refractivity contribution in [2.45, 2.75) is 29.0 Å². The topological polar surface area (TPSA) is 42.0 Å². The lowest BCUT2D eigenvalue weighted by atomic mass is 9.92. The number of nitrogens with one attached hydrogen (secondary N) is 1. The zero-order chi connectivity index (χ0) is 13.3. The molecule has 0 unspecified atom stereocenters. The minimum Gasteiger partial charge on any atom is -0.344 e. The molecule has 1 amide bonds. The molecule has 1 aromatic carbocycles. The zero-order valence-corrected chi connectivity index (χ0v) is 12.6. The fourth-order valence-electron chi connectivity index (χ4n) is 2.27. The average molecular weight is 337 g/mol.